The SMILES string of the molecule is CCCN[C@@H](CCO)C(=O)Oc1ccccc1. The second-order valence-electron chi connectivity index (χ2n) is 3.75. The fourth-order valence-corrected chi connectivity index (χ4v) is 1.43. The number of para-hydroxylation sites is 1. The van der Waals surface area contributed by atoms with Crippen molar-refractivity contribution >= 4 is 5.97 Å². The number of esters is 1. The molecule has 1 atom stereocenters. The highest BCUT2D eigenvalue weighted by molar-refractivity contribution is 5.78. The van der Waals surface area contributed by atoms with E-state index in [1.165, 1.54) is 0 Å². The molecule has 0 aliphatic carbocycles. The van der Waals surface area contributed by atoms with Gasteiger partial charge in [-0.2, -0.15) is 0 Å². The van der Waals surface area contributed by atoms with E-state index in [0.29, 0.717) is 12.2 Å². The predicted octanol–water partition coefficient (Wildman–Crippen LogP) is 1.34. The number of aliphatic hydroxyl groups is 1. The van der Waals surface area contributed by atoms with Gasteiger partial charge >= 0.3 is 5.97 Å². The largest absolute Gasteiger partial charge is 0.425 e. The maximum atomic E-state index is 11.8. The van der Waals surface area contributed by atoms with Crippen molar-refractivity contribution in [2.45, 2.75) is 25.8 Å². The van der Waals surface area contributed by atoms with Gasteiger partial charge in [-0.15, -0.1) is 0 Å². The molecule has 17 heavy (non-hydrogen) atoms. The Labute approximate surface area is 102 Å². The summed E-state index contributed by atoms with van der Waals surface area (Å²) in [5.74, 6) is 0.178. The highest BCUT2D eigenvalue weighted by Gasteiger charge is 2.18. The van der Waals surface area contributed by atoms with Crippen LogP contribution >= 0.6 is 0 Å². The lowest BCUT2D eigenvalue weighted by Gasteiger charge is -2.15. The number of carbonyl (C=O) groups excluding carboxylic acids is 1. The second-order valence-corrected chi connectivity index (χ2v) is 3.75. The quantitative estimate of drug-likeness (QED) is 0.555. The first-order valence-corrected chi connectivity index (χ1v) is 5.89. The molecule has 0 amide bonds. The second kappa shape index (κ2) is 7.81. The number of ether oxygens (including phenoxy) is 1. The third-order valence-electron chi connectivity index (χ3n) is 2.30. The third kappa shape index (κ3) is 4.97. The molecule has 0 bridgehead atoms. The van der Waals surface area contributed by atoms with E-state index in [0.717, 1.165) is 13.0 Å². The van der Waals surface area contributed by atoms with Crippen molar-refractivity contribution in [3.8, 4) is 5.75 Å². The average Bonchev–Trinajstić information content (AvgIpc) is 2.35. The van der Waals surface area contributed by atoms with Crippen molar-refractivity contribution in [2.75, 3.05) is 13.2 Å². The molecule has 0 aliphatic heterocycles. The van der Waals surface area contributed by atoms with Crippen LogP contribution in [0.15, 0.2) is 30.3 Å². The number of nitrogens with one attached hydrogen (secondary N) is 1. The molecule has 4 heteroatoms. The molecule has 0 aromatic heterocycles. The van der Waals surface area contributed by atoms with Gasteiger partial charge in [-0.05, 0) is 31.5 Å². The van der Waals surface area contributed by atoms with Crippen LogP contribution in [0.2, 0.25) is 0 Å². The Balaban J connectivity index is 2.52. The molecule has 0 saturated carbocycles. The van der Waals surface area contributed by atoms with Gasteiger partial charge in [0.1, 0.15) is 11.8 Å². The summed E-state index contributed by atoms with van der Waals surface area (Å²) in [7, 11) is 0. The van der Waals surface area contributed by atoms with Crippen molar-refractivity contribution in [1.82, 2.24) is 5.32 Å². The molecule has 1 aromatic carbocycles. The lowest BCUT2D eigenvalue weighted by atomic mass is 10.2. The number of benzene rings is 1. The fourth-order valence-electron chi connectivity index (χ4n) is 1.43. The summed E-state index contributed by atoms with van der Waals surface area (Å²) >= 11 is 0. The van der Waals surface area contributed by atoms with Crippen molar-refractivity contribution in [1.29, 1.82) is 0 Å². The lowest BCUT2D eigenvalue weighted by molar-refractivity contribution is -0.137. The summed E-state index contributed by atoms with van der Waals surface area (Å²) < 4.78 is 5.21. The Morgan fingerprint density at radius 1 is 1.41 bits per heavy atom. The molecule has 1 aromatic rings. The van der Waals surface area contributed by atoms with E-state index in [1.54, 1.807) is 12.1 Å². The number of carbonyl (C=O) groups is 1. The van der Waals surface area contributed by atoms with Gasteiger partial charge < -0.3 is 15.2 Å². The van der Waals surface area contributed by atoms with Crippen molar-refractivity contribution < 1.29 is 14.6 Å². The van der Waals surface area contributed by atoms with Gasteiger partial charge in [0, 0.05) is 6.61 Å². The molecular formula is C13H19NO3. The van der Waals surface area contributed by atoms with E-state index in [-0.39, 0.29) is 12.6 Å². The van der Waals surface area contributed by atoms with Crippen LogP contribution in [0.1, 0.15) is 19.8 Å². The Hall–Kier alpha value is -1.39. The van der Waals surface area contributed by atoms with E-state index >= 15 is 0 Å². The first kappa shape index (κ1) is 13.7. The molecular weight excluding hydrogens is 218 g/mol. The van der Waals surface area contributed by atoms with Crippen molar-refractivity contribution in [2.24, 2.45) is 0 Å². The normalized spacial score (nSPS) is 12.1. The van der Waals surface area contributed by atoms with Crippen LogP contribution in [0.4, 0.5) is 0 Å². The van der Waals surface area contributed by atoms with Crippen LogP contribution in [0.25, 0.3) is 0 Å². The zero-order valence-electron chi connectivity index (χ0n) is 10.1. The van der Waals surface area contributed by atoms with E-state index in [2.05, 4.69) is 5.32 Å². The van der Waals surface area contributed by atoms with Crippen LogP contribution in [0.5, 0.6) is 5.75 Å². The molecule has 2 N–H and O–H groups in total. The lowest BCUT2D eigenvalue weighted by Crippen LogP contribution is -2.40. The number of aliphatic hydroxyl groups excluding tert-OH is 1. The summed E-state index contributed by atoms with van der Waals surface area (Å²) in [5.41, 5.74) is 0. The van der Waals surface area contributed by atoms with Gasteiger partial charge in [0.05, 0.1) is 0 Å². The molecule has 0 fully saturated rings. The summed E-state index contributed by atoms with van der Waals surface area (Å²) in [5, 5.41) is 12.0. The third-order valence-corrected chi connectivity index (χ3v) is 2.30. The Morgan fingerprint density at radius 2 is 2.12 bits per heavy atom. The van der Waals surface area contributed by atoms with Gasteiger partial charge in [-0.1, -0.05) is 25.1 Å². The average molecular weight is 237 g/mol. The smallest absolute Gasteiger partial charge is 0.328 e. The summed E-state index contributed by atoms with van der Waals surface area (Å²) in [6.45, 7) is 2.71. The van der Waals surface area contributed by atoms with Gasteiger partial charge in [0.25, 0.3) is 0 Å². The van der Waals surface area contributed by atoms with Crippen LogP contribution in [0, 0.1) is 0 Å². The molecule has 0 radical (unpaired) electrons. The van der Waals surface area contributed by atoms with E-state index < -0.39 is 6.04 Å². The molecule has 4 nitrogen and oxygen atoms in total. The minimum Gasteiger partial charge on any atom is -0.425 e. The minimum absolute atomic E-state index is 0.0364. The summed E-state index contributed by atoms with van der Waals surface area (Å²) in [6, 6.07) is 8.49. The topological polar surface area (TPSA) is 58.6 Å². The van der Waals surface area contributed by atoms with Crippen molar-refractivity contribution in [3.63, 3.8) is 0 Å². The summed E-state index contributed by atoms with van der Waals surface area (Å²) in [4.78, 5) is 11.8. The first-order valence-electron chi connectivity index (χ1n) is 5.89. The highest BCUT2D eigenvalue weighted by atomic mass is 16.5. The van der Waals surface area contributed by atoms with Gasteiger partial charge in [-0.25, -0.2) is 4.79 Å². The first-order chi connectivity index (χ1) is 8.27. The number of rotatable bonds is 7. The van der Waals surface area contributed by atoms with Crippen LogP contribution in [0.3, 0.4) is 0 Å². The number of hydrogen-bond donors (Lipinski definition) is 2. The zero-order valence-corrected chi connectivity index (χ0v) is 10.1. The Kier molecular flexibility index (Phi) is 6.29. The van der Waals surface area contributed by atoms with Gasteiger partial charge in [0.15, 0.2) is 0 Å². The van der Waals surface area contributed by atoms with Gasteiger partial charge in [-0.3, -0.25) is 0 Å². The molecule has 1 rings (SSSR count). The standard InChI is InChI=1S/C13H19NO3/c1-2-9-14-12(8-10-15)13(16)17-11-6-4-3-5-7-11/h3-7,12,14-15H,2,8-10H2,1H3/t12-/m0/s1. The summed E-state index contributed by atoms with van der Waals surface area (Å²) in [6.07, 6.45) is 1.30. The van der Waals surface area contributed by atoms with E-state index in [1.807, 2.05) is 25.1 Å². The van der Waals surface area contributed by atoms with E-state index in [4.69, 9.17) is 9.84 Å². The molecule has 0 heterocycles. The molecule has 0 spiro atoms. The van der Waals surface area contributed by atoms with Crippen LogP contribution in [-0.4, -0.2) is 30.3 Å². The Bertz CT molecular complexity index is 327. The maximum Gasteiger partial charge on any atom is 0.328 e. The number of hydrogen-bond acceptors (Lipinski definition) is 4. The molecule has 0 saturated heterocycles. The molecule has 94 valence electrons. The Morgan fingerprint density at radius 3 is 2.71 bits per heavy atom. The highest BCUT2D eigenvalue weighted by Crippen LogP contribution is 2.10. The zero-order chi connectivity index (χ0) is 12.5. The van der Waals surface area contributed by atoms with Crippen LogP contribution < -0.4 is 10.1 Å². The minimum atomic E-state index is -0.444. The molecule has 0 unspecified atom stereocenters. The van der Waals surface area contributed by atoms with E-state index in [9.17, 15) is 4.79 Å². The van der Waals surface area contributed by atoms with Crippen molar-refractivity contribution in [3.05, 3.63) is 30.3 Å². The maximum absolute atomic E-state index is 11.8. The fraction of sp³-hybridized carbons (Fsp3) is 0.462. The monoisotopic (exact) mass is 237 g/mol. The molecule has 0 aliphatic rings. The van der Waals surface area contributed by atoms with Gasteiger partial charge in [0.2, 0.25) is 0 Å². The van der Waals surface area contributed by atoms with Crippen LogP contribution in [-0.2, 0) is 4.79 Å². The predicted molar refractivity (Wildman–Crippen MR) is 65.9 cm³/mol.